The summed E-state index contributed by atoms with van der Waals surface area (Å²) >= 11 is 1.25. The number of aromatic nitrogens is 3. The average molecular weight is 425 g/mol. The molecule has 7 nitrogen and oxygen atoms in total. The van der Waals surface area contributed by atoms with Gasteiger partial charge in [0.2, 0.25) is 0 Å². The minimum absolute atomic E-state index is 0.194. The van der Waals surface area contributed by atoms with Crippen LogP contribution in [0.4, 0.5) is 15.9 Å². The van der Waals surface area contributed by atoms with E-state index in [4.69, 9.17) is 0 Å². The van der Waals surface area contributed by atoms with Crippen molar-refractivity contribution in [1.82, 2.24) is 15.0 Å². The van der Waals surface area contributed by atoms with Gasteiger partial charge in [0, 0.05) is 5.69 Å². The second kappa shape index (κ2) is 8.27. The number of rotatable bonds is 6. The van der Waals surface area contributed by atoms with E-state index in [1.807, 2.05) is 0 Å². The number of carbonyl (C=O) groups is 2. The van der Waals surface area contributed by atoms with Crippen LogP contribution in [0.25, 0.3) is 0 Å². The number of anilines is 2. The van der Waals surface area contributed by atoms with Crippen LogP contribution in [0.3, 0.4) is 0 Å². The first kappa shape index (κ1) is 20.1. The average Bonchev–Trinajstić information content (AvgIpc) is 3.42. The van der Waals surface area contributed by atoms with E-state index in [9.17, 15) is 14.0 Å². The fraction of sp³-hybridized carbons (Fsp3) is 0.286. The standard InChI is InChI=1S/C21H20FN5O2S/c1-11-5-16(22)15(7-17(11)26-21(29)18-9-23-12(2)30-18)20(28)27-19-10-24-14(8-25-19)6-13-3-4-13/h5,7-10,13H,3-4,6H2,1-2H3,(H,26,29)(H,25,27,28). The van der Waals surface area contributed by atoms with Crippen molar-refractivity contribution in [2.24, 2.45) is 5.92 Å². The second-order valence-electron chi connectivity index (χ2n) is 7.34. The molecule has 1 fully saturated rings. The maximum Gasteiger partial charge on any atom is 0.267 e. The number of nitrogens with zero attached hydrogens (tertiary/aromatic N) is 3. The second-order valence-corrected chi connectivity index (χ2v) is 8.57. The van der Waals surface area contributed by atoms with Crippen molar-refractivity contribution in [3.8, 4) is 0 Å². The molecule has 2 heterocycles. The number of hydrogen-bond donors (Lipinski definition) is 2. The van der Waals surface area contributed by atoms with Crippen molar-refractivity contribution in [2.75, 3.05) is 10.6 Å². The molecule has 2 aromatic heterocycles. The van der Waals surface area contributed by atoms with E-state index in [1.54, 1.807) is 20.0 Å². The van der Waals surface area contributed by atoms with Crippen LogP contribution >= 0.6 is 11.3 Å². The maximum absolute atomic E-state index is 14.4. The molecule has 0 saturated heterocycles. The van der Waals surface area contributed by atoms with Crippen LogP contribution in [0.5, 0.6) is 0 Å². The van der Waals surface area contributed by atoms with Crippen LogP contribution in [0.2, 0.25) is 0 Å². The molecular formula is C21H20FN5O2S. The van der Waals surface area contributed by atoms with Crippen molar-refractivity contribution in [3.63, 3.8) is 0 Å². The Morgan fingerprint density at radius 2 is 1.87 bits per heavy atom. The number of benzene rings is 1. The van der Waals surface area contributed by atoms with E-state index in [-0.39, 0.29) is 17.3 Å². The zero-order chi connectivity index (χ0) is 21.3. The minimum atomic E-state index is -0.685. The summed E-state index contributed by atoms with van der Waals surface area (Å²) in [5.41, 5.74) is 1.53. The van der Waals surface area contributed by atoms with Crippen LogP contribution in [0.15, 0.2) is 30.7 Å². The fourth-order valence-electron chi connectivity index (χ4n) is 2.96. The van der Waals surface area contributed by atoms with Gasteiger partial charge in [-0.3, -0.25) is 14.6 Å². The van der Waals surface area contributed by atoms with Gasteiger partial charge in [0.15, 0.2) is 5.82 Å². The van der Waals surface area contributed by atoms with E-state index in [0.29, 0.717) is 22.0 Å². The maximum atomic E-state index is 14.4. The number of carbonyl (C=O) groups excluding carboxylic acids is 2. The highest BCUT2D eigenvalue weighted by atomic mass is 32.1. The largest absolute Gasteiger partial charge is 0.321 e. The van der Waals surface area contributed by atoms with Gasteiger partial charge < -0.3 is 10.6 Å². The third-order valence-corrected chi connectivity index (χ3v) is 5.71. The van der Waals surface area contributed by atoms with Gasteiger partial charge >= 0.3 is 0 Å². The number of thiazole rings is 1. The van der Waals surface area contributed by atoms with Gasteiger partial charge in [-0.05, 0) is 56.7 Å². The third kappa shape index (κ3) is 4.68. The topological polar surface area (TPSA) is 96.9 Å². The normalized spacial score (nSPS) is 13.2. The van der Waals surface area contributed by atoms with Crippen molar-refractivity contribution in [2.45, 2.75) is 33.1 Å². The Morgan fingerprint density at radius 1 is 1.07 bits per heavy atom. The SMILES string of the molecule is Cc1ncc(C(=O)Nc2cc(C(=O)Nc3cnc(CC4CC4)cn3)c(F)cc2C)s1. The number of amides is 2. The Morgan fingerprint density at radius 3 is 2.50 bits per heavy atom. The Kier molecular flexibility index (Phi) is 5.54. The molecule has 3 aromatic rings. The lowest BCUT2D eigenvalue weighted by atomic mass is 10.1. The van der Waals surface area contributed by atoms with Crippen LogP contribution in [-0.4, -0.2) is 26.8 Å². The molecule has 0 unspecified atom stereocenters. The van der Waals surface area contributed by atoms with Gasteiger partial charge in [0.1, 0.15) is 10.7 Å². The molecular weight excluding hydrogens is 405 g/mol. The zero-order valence-corrected chi connectivity index (χ0v) is 17.3. The highest BCUT2D eigenvalue weighted by Crippen LogP contribution is 2.32. The van der Waals surface area contributed by atoms with Crippen molar-refractivity contribution >= 4 is 34.7 Å². The first-order valence-electron chi connectivity index (χ1n) is 9.55. The molecule has 0 atom stereocenters. The number of halogens is 1. The van der Waals surface area contributed by atoms with Crippen molar-refractivity contribution < 1.29 is 14.0 Å². The zero-order valence-electron chi connectivity index (χ0n) is 16.5. The quantitative estimate of drug-likeness (QED) is 0.619. The van der Waals surface area contributed by atoms with Gasteiger partial charge in [-0.15, -0.1) is 11.3 Å². The molecule has 4 rings (SSSR count). The summed E-state index contributed by atoms with van der Waals surface area (Å²) in [7, 11) is 0. The highest BCUT2D eigenvalue weighted by Gasteiger charge is 2.22. The molecule has 0 radical (unpaired) electrons. The van der Waals surface area contributed by atoms with E-state index in [1.165, 1.54) is 48.7 Å². The molecule has 0 bridgehead atoms. The molecule has 1 aromatic carbocycles. The molecule has 1 saturated carbocycles. The summed E-state index contributed by atoms with van der Waals surface area (Å²) in [5.74, 6) is -0.788. The molecule has 1 aliphatic rings. The fourth-order valence-corrected chi connectivity index (χ4v) is 3.63. The molecule has 154 valence electrons. The highest BCUT2D eigenvalue weighted by molar-refractivity contribution is 7.13. The lowest BCUT2D eigenvalue weighted by Gasteiger charge is -2.11. The lowest BCUT2D eigenvalue weighted by molar-refractivity contribution is 0.101. The molecule has 1 aliphatic carbocycles. The molecule has 0 aliphatic heterocycles. The van der Waals surface area contributed by atoms with Crippen LogP contribution in [0.1, 0.15) is 49.1 Å². The number of aryl methyl sites for hydroxylation is 2. The van der Waals surface area contributed by atoms with Crippen molar-refractivity contribution in [1.29, 1.82) is 0 Å². The van der Waals surface area contributed by atoms with E-state index >= 15 is 0 Å². The Hall–Kier alpha value is -3.20. The Balaban J connectivity index is 1.49. The summed E-state index contributed by atoms with van der Waals surface area (Å²) in [5, 5.41) is 6.04. The smallest absolute Gasteiger partial charge is 0.267 e. The molecule has 2 amide bonds. The summed E-state index contributed by atoms with van der Waals surface area (Å²) in [6, 6.07) is 2.54. The first-order chi connectivity index (χ1) is 14.4. The van der Waals surface area contributed by atoms with E-state index in [0.717, 1.165) is 17.1 Å². The Labute approximate surface area is 176 Å². The molecule has 2 N–H and O–H groups in total. The van der Waals surface area contributed by atoms with Gasteiger partial charge in [-0.25, -0.2) is 14.4 Å². The summed E-state index contributed by atoms with van der Waals surface area (Å²) < 4.78 is 14.4. The monoisotopic (exact) mass is 425 g/mol. The lowest BCUT2D eigenvalue weighted by Crippen LogP contribution is -2.17. The third-order valence-electron chi connectivity index (χ3n) is 4.79. The summed E-state index contributed by atoms with van der Waals surface area (Å²) in [4.78, 5) is 38.0. The van der Waals surface area contributed by atoms with E-state index in [2.05, 4.69) is 25.6 Å². The van der Waals surface area contributed by atoms with E-state index < -0.39 is 11.7 Å². The van der Waals surface area contributed by atoms with Gasteiger partial charge in [0.25, 0.3) is 11.8 Å². The van der Waals surface area contributed by atoms with Crippen LogP contribution in [-0.2, 0) is 6.42 Å². The predicted octanol–water partition coefficient (Wildman–Crippen LogP) is 4.15. The van der Waals surface area contributed by atoms with Gasteiger partial charge in [-0.2, -0.15) is 0 Å². The summed E-state index contributed by atoms with van der Waals surface area (Å²) in [6.45, 7) is 3.46. The Bertz CT molecular complexity index is 1110. The van der Waals surface area contributed by atoms with Crippen molar-refractivity contribution in [3.05, 3.63) is 63.2 Å². The first-order valence-corrected chi connectivity index (χ1v) is 10.4. The van der Waals surface area contributed by atoms with Crippen LogP contribution < -0.4 is 10.6 Å². The number of nitrogens with one attached hydrogen (secondary N) is 2. The minimum Gasteiger partial charge on any atom is -0.321 e. The number of hydrogen-bond acceptors (Lipinski definition) is 6. The molecule has 9 heteroatoms. The van der Waals surface area contributed by atoms with Gasteiger partial charge in [0.05, 0.1) is 34.9 Å². The van der Waals surface area contributed by atoms with Crippen LogP contribution in [0, 0.1) is 25.6 Å². The predicted molar refractivity (Wildman–Crippen MR) is 112 cm³/mol. The summed E-state index contributed by atoms with van der Waals surface area (Å²) in [6.07, 6.45) is 7.89. The van der Waals surface area contributed by atoms with Gasteiger partial charge in [-0.1, -0.05) is 0 Å². The molecule has 0 spiro atoms. The molecule has 30 heavy (non-hydrogen) atoms.